The summed E-state index contributed by atoms with van der Waals surface area (Å²) in [6.07, 6.45) is 9.63. The van der Waals surface area contributed by atoms with Crippen LogP contribution in [0, 0.1) is 0 Å². The summed E-state index contributed by atoms with van der Waals surface area (Å²) in [5.74, 6) is 0.763. The second-order valence-corrected chi connectivity index (χ2v) is 6.14. The minimum absolute atomic E-state index is 0.712. The summed E-state index contributed by atoms with van der Waals surface area (Å²) >= 11 is 3.55. The van der Waals surface area contributed by atoms with Crippen molar-refractivity contribution in [1.29, 1.82) is 0 Å². The van der Waals surface area contributed by atoms with Crippen LogP contribution in [0.2, 0.25) is 0 Å². The average molecular weight is 292 g/mol. The molecule has 0 heterocycles. The van der Waals surface area contributed by atoms with Gasteiger partial charge in [0.15, 0.2) is 0 Å². The number of hydrogen-bond acceptors (Lipinski definition) is 1. The molecule has 0 atom stereocenters. The Morgan fingerprint density at radius 2 is 1.82 bits per heavy atom. The normalized spacial score (nSPS) is 28.3. The van der Waals surface area contributed by atoms with Crippen molar-refractivity contribution in [1.82, 2.24) is 5.32 Å². The van der Waals surface area contributed by atoms with Crippen LogP contribution in [-0.4, -0.2) is 12.1 Å². The maximum atomic E-state index is 3.76. The smallest absolute Gasteiger partial charge is 0.0178 e. The van der Waals surface area contributed by atoms with Gasteiger partial charge in [0.05, 0.1) is 0 Å². The predicted molar refractivity (Wildman–Crippen MR) is 75.2 cm³/mol. The lowest BCUT2D eigenvalue weighted by atomic mass is 9.75. The molecule has 0 saturated heterocycles. The fraction of sp³-hybridized carbons (Fsp3) is 0.467. The number of benzene rings is 1. The fourth-order valence-corrected chi connectivity index (χ4v) is 3.29. The van der Waals surface area contributed by atoms with Gasteiger partial charge in [0.1, 0.15) is 0 Å². The van der Waals surface area contributed by atoms with Gasteiger partial charge in [-0.05, 0) is 49.3 Å². The summed E-state index contributed by atoms with van der Waals surface area (Å²) in [6, 6.07) is 10.2. The second kappa shape index (κ2) is 4.95. The molecular formula is C15H18BrN. The van der Waals surface area contributed by atoms with E-state index in [-0.39, 0.29) is 0 Å². The van der Waals surface area contributed by atoms with Crippen LogP contribution >= 0.6 is 15.9 Å². The zero-order valence-electron chi connectivity index (χ0n) is 9.90. The number of nitrogens with one attached hydrogen (secondary N) is 1. The van der Waals surface area contributed by atoms with Crippen LogP contribution in [0.15, 0.2) is 40.9 Å². The first-order chi connectivity index (χ1) is 8.31. The molecule has 0 unspecified atom stereocenters. The molecule has 1 N–H and O–H groups in total. The Balaban J connectivity index is 1.51. The molecule has 0 spiro atoms. The molecule has 1 aromatic carbocycles. The number of halogens is 1. The van der Waals surface area contributed by atoms with Crippen molar-refractivity contribution < 1.29 is 0 Å². The van der Waals surface area contributed by atoms with E-state index < -0.39 is 0 Å². The van der Waals surface area contributed by atoms with E-state index in [0.29, 0.717) is 6.04 Å². The van der Waals surface area contributed by atoms with Crippen LogP contribution < -0.4 is 5.32 Å². The van der Waals surface area contributed by atoms with Crippen molar-refractivity contribution >= 4 is 15.9 Å². The minimum atomic E-state index is 0.712. The molecule has 2 aliphatic rings. The van der Waals surface area contributed by atoms with Crippen LogP contribution in [0.25, 0.3) is 0 Å². The van der Waals surface area contributed by atoms with Crippen LogP contribution in [0.5, 0.6) is 0 Å². The lowest BCUT2D eigenvalue weighted by Crippen LogP contribution is -2.44. The van der Waals surface area contributed by atoms with E-state index in [9.17, 15) is 0 Å². The molecule has 17 heavy (non-hydrogen) atoms. The highest BCUT2D eigenvalue weighted by Crippen LogP contribution is 2.38. The maximum Gasteiger partial charge on any atom is 0.0178 e. The lowest BCUT2D eigenvalue weighted by molar-refractivity contribution is 0.267. The molecule has 3 rings (SSSR count). The summed E-state index contributed by atoms with van der Waals surface area (Å²) in [7, 11) is 0. The quantitative estimate of drug-likeness (QED) is 0.830. The summed E-state index contributed by atoms with van der Waals surface area (Å²) in [4.78, 5) is 0. The van der Waals surface area contributed by atoms with Gasteiger partial charge in [-0.1, -0.05) is 40.2 Å². The van der Waals surface area contributed by atoms with Gasteiger partial charge in [-0.3, -0.25) is 0 Å². The summed E-state index contributed by atoms with van der Waals surface area (Å²) < 4.78 is 1.20. The van der Waals surface area contributed by atoms with Crippen molar-refractivity contribution in [3.63, 3.8) is 0 Å². The molecular weight excluding hydrogens is 274 g/mol. The van der Waals surface area contributed by atoms with E-state index in [0.717, 1.165) is 12.0 Å². The first-order valence-corrected chi connectivity index (χ1v) is 7.27. The summed E-state index contributed by atoms with van der Waals surface area (Å²) in [5.41, 5.74) is 1.49. The zero-order valence-corrected chi connectivity index (χ0v) is 11.5. The Morgan fingerprint density at radius 3 is 2.53 bits per heavy atom. The third-order valence-electron chi connectivity index (χ3n) is 3.94. The molecule has 0 aliphatic heterocycles. The molecule has 0 radical (unpaired) electrons. The standard InChI is InChI=1S/C15H18BrN/c16-13-5-3-4-11(8-13)12-9-15(10-12)17-14-6-1-2-7-14/h1-5,8,12,14-15,17H,6-7,9-10H2. The largest absolute Gasteiger partial charge is 0.311 e. The Labute approximate surface area is 111 Å². The molecule has 0 amide bonds. The molecule has 0 bridgehead atoms. The highest BCUT2D eigenvalue weighted by Gasteiger charge is 2.31. The Bertz CT molecular complexity index is 413. The Morgan fingerprint density at radius 1 is 1.06 bits per heavy atom. The van der Waals surface area contributed by atoms with Crippen LogP contribution in [0.4, 0.5) is 0 Å². The van der Waals surface area contributed by atoms with E-state index in [1.54, 1.807) is 0 Å². The van der Waals surface area contributed by atoms with Crippen molar-refractivity contribution in [3.05, 3.63) is 46.5 Å². The van der Waals surface area contributed by atoms with Gasteiger partial charge < -0.3 is 5.32 Å². The van der Waals surface area contributed by atoms with Gasteiger partial charge in [0.25, 0.3) is 0 Å². The second-order valence-electron chi connectivity index (χ2n) is 5.23. The molecule has 1 aromatic rings. The number of rotatable bonds is 3. The lowest BCUT2D eigenvalue weighted by Gasteiger charge is -2.38. The molecule has 90 valence electrons. The third kappa shape index (κ3) is 2.63. The molecule has 1 saturated carbocycles. The van der Waals surface area contributed by atoms with Gasteiger partial charge in [-0.2, -0.15) is 0 Å². The van der Waals surface area contributed by atoms with E-state index in [1.165, 1.54) is 35.7 Å². The summed E-state index contributed by atoms with van der Waals surface area (Å²) in [6.45, 7) is 0. The zero-order chi connectivity index (χ0) is 11.7. The van der Waals surface area contributed by atoms with Crippen LogP contribution in [-0.2, 0) is 0 Å². The van der Waals surface area contributed by atoms with Gasteiger partial charge in [-0.15, -0.1) is 0 Å². The van der Waals surface area contributed by atoms with E-state index in [1.807, 2.05) is 0 Å². The summed E-state index contributed by atoms with van der Waals surface area (Å²) in [5, 5.41) is 3.76. The van der Waals surface area contributed by atoms with Crippen molar-refractivity contribution in [2.45, 2.75) is 43.7 Å². The first-order valence-electron chi connectivity index (χ1n) is 6.48. The van der Waals surface area contributed by atoms with E-state index >= 15 is 0 Å². The minimum Gasteiger partial charge on any atom is -0.311 e. The molecule has 2 heteroatoms. The monoisotopic (exact) mass is 291 g/mol. The highest BCUT2D eigenvalue weighted by atomic mass is 79.9. The van der Waals surface area contributed by atoms with Gasteiger partial charge >= 0.3 is 0 Å². The fourth-order valence-electron chi connectivity index (χ4n) is 2.87. The first kappa shape index (κ1) is 11.5. The maximum absolute atomic E-state index is 3.76. The van der Waals surface area contributed by atoms with Gasteiger partial charge in [0.2, 0.25) is 0 Å². The third-order valence-corrected chi connectivity index (χ3v) is 4.43. The van der Waals surface area contributed by atoms with Crippen LogP contribution in [0.1, 0.15) is 37.2 Å². The van der Waals surface area contributed by atoms with E-state index in [2.05, 4.69) is 57.7 Å². The average Bonchev–Trinajstić information content (AvgIpc) is 2.75. The Kier molecular flexibility index (Phi) is 3.34. The van der Waals surface area contributed by atoms with Crippen LogP contribution in [0.3, 0.4) is 0 Å². The van der Waals surface area contributed by atoms with Gasteiger partial charge in [0, 0.05) is 16.6 Å². The van der Waals surface area contributed by atoms with Crippen molar-refractivity contribution in [2.24, 2.45) is 0 Å². The van der Waals surface area contributed by atoms with E-state index in [4.69, 9.17) is 0 Å². The molecule has 2 aliphatic carbocycles. The molecule has 1 nitrogen and oxygen atoms in total. The Hall–Kier alpha value is -0.600. The van der Waals surface area contributed by atoms with Crippen molar-refractivity contribution in [3.8, 4) is 0 Å². The topological polar surface area (TPSA) is 12.0 Å². The van der Waals surface area contributed by atoms with Crippen molar-refractivity contribution in [2.75, 3.05) is 0 Å². The van der Waals surface area contributed by atoms with Gasteiger partial charge in [-0.25, -0.2) is 0 Å². The molecule has 1 fully saturated rings. The highest BCUT2D eigenvalue weighted by molar-refractivity contribution is 9.10. The molecule has 0 aromatic heterocycles. The predicted octanol–water partition coefficient (Wildman–Crippen LogP) is 4.00. The SMILES string of the molecule is Brc1cccc(C2CC(NC3CC=CC3)C2)c1. The number of hydrogen-bond donors (Lipinski definition) is 1.